The number of para-hydroxylation sites is 2. The van der Waals surface area contributed by atoms with E-state index in [1.54, 1.807) is 7.11 Å². The van der Waals surface area contributed by atoms with Crippen molar-refractivity contribution in [2.24, 2.45) is 5.92 Å². The van der Waals surface area contributed by atoms with Gasteiger partial charge in [0.05, 0.1) is 7.11 Å². The molecule has 1 aromatic rings. The van der Waals surface area contributed by atoms with Gasteiger partial charge in [-0.05, 0) is 30.9 Å². The minimum absolute atomic E-state index is 0.182. The van der Waals surface area contributed by atoms with E-state index >= 15 is 0 Å². The summed E-state index contributed by atoms with van der Waals surface area (Å²) >= 11 is 0. The van der Waals surface area contributed by atoms with Gasteiger partial charge in [-0.15, -0.1) is 0 Å². The highest BCUT2D eigenvalue weighted by Gasteiger charge is 2.24. The molecule has 100 valence electrons. The summed E-state index contributed by atoms with van der Waals surface area (Å²) in [7, 11) is 1.68. The molecule has 1 unspecified atom stereocenters. The van der Waals surface area contributed by atoms with Crippen LogP contribution in [-0.4, -0.2) is 25.8 Å². The normalized spacial score (nSPS) is 16.7. The molecule has 1 fully saturated rings. The maximum absolute atomic E-state index is 6.09. The van der Waals surface area contributed by atoms with Crippen molar-refractivity contribution < 1.29 is 9.47 Å². The van der Waals surface area contributed by atoms with Crippen LogP contribution in [0.3, 0.4) is 0 Å². The lowest BCUT2D eigenvalue weighted by Crippen LogP contribution is -2.36. The Labute approximate surface area is 109 Å². The van der Waals surface area contributed by atoms with Crippen molar-refractivity contribution in [1.82, 2.24) is 5.32 Å². The molecule has 0 bridgehead atoms. The minimum atomic E-state index is 0.182. The molecule has 0 aromatic heterocycles. The largest absolute Gasteiger partial charge is 0.493 e. The van der Waals surface area contributed by atoms with E-state index in [2.05, 4.69) is 19.2 Å². The Kier molecular flexibility index (Phi) is 4.48. The zero-order chi connectivity index (χ0) is 13.0. The zero-order valence-electron chi connectivity index (χ0n) is 11.5. The van der Waals surface area contributed by atoms with Crippen LogP contribution in [0.4, 0.5) is 0 Å². The molecule has 1 aromatic carbocycles. The van der Waals surface area contributed by atoms with Crippen LogP contribution in [0.2, 0.25) is 0 Å². The summed E-state index contributed by atoms with van der Waals surface area (Å²) in [5.74, 6) is 2.10. The monoisotopic (exact) mass is 249 g/mol. The Hall–Kier alpha value is -1.22. The van der Waals surface area contributed by atoms with E-state index in [1.807, 2.05) is 24.3 Å². The lowest BCUT2D eigenvalue weighted by molar-refractivity contribution is 0.143. The summed E-state index contributed by atoms with van der Waals surface area (Å²) in [6.45, 7) is 5.28. The van der Waals surface area contributed by atoms with Gasteiger partial charge in [0.25, 0.3) is 0 Å². The SMILES string of the molecule is COc1ccccc1OC(CNC1CC1)C(C)C. The smallest absolute Gasteiger partial charge is 0.161 e. The molecule has 18 heavy (non-hydrogen) atoms. The van der Waals surface area contributed by atoms with Crippen molar-refractivity contribution in [2.45, 2.75) is 38.8 Å². The van der Waals surface area contributed by atoms with Gasteiger partial charge in [-0.25, -0.2) is 0 Å². The molecule has 0 aliphatic heterocycles. The Balaban J connectivity index is 1.97. The van der Waals surface area contributed by atoms with Crippen LogP contribution in [0.25, 0.3) is 0 Å². The average Bonchev–Trinajstić information content (AvgIpc) is 3.18. The minimum Gasteiger partial charge on any atom is -0.493 e. The van der Waals surface area contributed by atoms with E-state index < -0.39 is 0 Å². The lowest BCUT2D eigenvalue weighted by atomic mass is 10.1. The van der Waals surface area contributed by atoms with Gasteiger partial charge in [-0.1, -0.05) is 26.0 Å². The molecule has 1 N–H and O–H groups in total. The van der Waals surface area contributed by atoms with Crippen molar-refractivity contribution in [2.75, 3.05) is 13.7 Å². The van der Waals surface area contributed by atoms with E-state index in [-0.39, 0.29) is 6.10 Å². The highest BCUT2D eigenvalue weighted by molar-refractivity contribution is 5.39. The average molecular weight is 249 g/mol. The number of hydrogen-bond donors (Lipinski definition) is 1. The number of hydrogen-bond acceptors (Lipinski definition) is 3. The second kappa shape index (κ2) is 6.10. The molecule has 1 saturated carbocycles. The van der Waals surface area contributed by atoms with Crippen LogP contribution in [0.1, 0.15) is 26.7 Å². The van der Waals surface area contributed by atoms with Gasteiger partial charge < -0.3 is 14.8 Å². The first-order valence-corrected chi connectivity index (χ1v) is 6.73. The molecule has 0 radical (unpaired) electrons. The summed E-state index contributed by atoms with van der Waals surface area (Å²) in [5.41, 5.74) is 0. The number of methoxy groups -OCH3 is 1. The van der Waals surface area contributed by atoms with Gasteiger partial charge in [0, 0.05) is 12.6 Å². The van der Waals surface area contributed by atoms with Crippen molar-refractivity contribution in [3.8, 4) is 11.5 Å². The molecule has 3 heteroatoms. The van der Waals surface area contributed by atoms with Crippen LogP contribution >= 0.6 is 0 Å². The summed E-state index contributed by atoms with van der Waals surface area (Å²) in [6, 6.07) is 8.54. The molecule has 3 nitrogen and oxygen atoms in total. The third kappa shape index (κ3) is 3.64. The fourth-order valence-corrected chi connectivity index (χ4v) is 1.86. The molecule has 0 amide bonds. The quantitative estimate of drug-likeness (QED) is 0.806. The first kappa shape index (κ1) is 13.2. The summed E-state index contributed by atoms with van der Waals surface area (Å²) in [4.78, 5) is 0. The lowest BCUT2D eigenvalue weighted by Gasteiger charge is -2.24. The molecule has 2 rings (SSSR count). The van der Waals surface area contributed by atoms with Crippen LogP contribution in [-0.2, 0) is 0 Å². The summed E-state index contributed by atoms with van der Waals surface area (Å²) in [5, 5.41) is 3.53. The van der Waals surface area contributed by atoms with E-state index in [4.69, 9.17) is 9.47 Å². The van der Waals surface area contributed by atoms with Crippen LogP contribution in [0.15, 0.2) is 24.3 Å². The first-order chi connectivity index (χ1) is 8.70. The fourth-order valence-electron chi connectivity index (χ4n) is 1.86. The Morgan fingerprint density at radius 1 is 1.22 bits per heavy atom. The topological polar surface area (TPSA) is 30.5 Å². The van der Waals surface area contributed by atoms with Crippen molar-refractivity contribution >= 4 is 0 Å². The number of nitrogens with one attached hydrogen (secondary N) is 1. The van der Waals surface area contributed by atoms with E-state index in [1.165, 1.54) is 12.8 Å². The predicted octanol–water partition coefficient (Wildman–Crippen LogP) is 2.85. The number of benzene rings is 1. The maximum atomic E-state index is 6.09. The second-order valence-electron chi connectivity index (χ2n) is 5.23. The zero-order valence-corrected chi connectivity index (χ0v) is 11.5. The third-order valence-corrected chi connectivity index (χ3v) is 3.28. The van der Waals surface area contributed by atoms with E-state index in [0.717, 1.165) is 18.0 Å². The van der Waals surface area contributed by atoms with Gasteiger partial charge in [-0.2, -0.15) is 0 Å². The molecule has 0 spiro atoms. The van der Waals surface area contributed by atoms with Gasteiger partial charge in [-0.3, -0.25) is 0 Å². The second-order valence-corrected chi connectivity index (χ2v) is 5.23. The third-order valence-electron chi connectivity index (χ3n) is 3.28. The standard InChI is InChI=1S/C15H23NO2/c1-11(2)15(10-16-12-8-9-12)18-14-7-5-4-6-13(14)17-3/h4-7,11-12,15-16H,8-10H2,1-3H3. The summed E-state index contributed by atoms with van der Waals surface area (Å²) in [6.07, 6.45) is 2.79. The van der Waals surface area contributed by atoms with Crippen LogP contribution < -0.4 is 14.8 Å². The van der Waals surface area contributed by atoms with Crippen LogP contribution in [0.5, 0.6) is 11.5 Å². The van der Waals surface area contributed by atoms with Gasteiger partial charge >= 0.3 is 0 Å². The van der Waals surface area contributed by atoms with Crippen molar-refractivity contribution in [1.29, 1.82) is 0 Å². The van der Waals surface area contributed by atoms with E-state index in [9.17, 15) is 0 Å². The van der Waals surface area contributed by atoms with Gasteiger partial charge in [0.15, 0.2) is 11.5 Å². The highest BCUT2D eigenvalue weighted by atomic mass is 16.5. The van der Waals surface area contributed by atoms with Crippen LogP contribution in [0, 0.1) is 5.92 Å². The Morgan fingerprint density at radius 2 is 1.89 bits per heavy atom. The molecule has 1 aliphatic carbocycles. The molecule has 0 heterocycles. The molecular weight excluding hydrogens is 226 g/mol. The molecular formula is C15H23NO2. The molecule has 1 atom stereocenters. The van der Waals surface area contributed by atoms with Gasteiger partial charge in [0.2, 0.25) is 0 Å². The fraction of sp³-hybridized carbons (Fsp3) is 0.600. The summed E-state index contributed by atoms with van der Waals surface area (Å²) < 4.78 is 11.4. The maximum Gasteiger partial charge on any atom is 0.161 e. The number of rotatable bonds is 7. The van der Waals surface area contributed by atoms with Gasteiger partial charge in [0.1, 0.15) is 6.10 Å². The van der Waals surface area contributed by atoms with Crippen molar-refractivity contribution in [3.63, 3.8) is 0 Å². The Morgan fingerprint density at radius 3 is 2.44 bits per heavy atom. The van der Waals surface area contributed by atoms with E-state index in [0.29, 0.717) is 12.0 Å². The highest BCUT2D eigenvalue weighted by Crippen LogP contribution is 2.28. The first-order valence-electron chi connectivity index (χ1n) is 6.73. The number of ether oxygens (including phenoxy) is 2. The molecule has 0 saturated heterocycles. The molecule has 1 aliphatic rings. The predicted molar refractivity (Wildman–Crippen MR) is 73.3 cm³/mol. The van der Waals surface area contributed by atoms with Crippen molar-refractivity contribution in [3.05, 3.63) is 24.3 Å². The Bertz CT molecular complexity index is 375.